The molecule has 1 aliphatic heterocycles. The van der Waals surface area contributed by atoms with Crippen molar-refractivity contribution in [3.8, 4) is 0 Å². The summed E-state index contributed by atoms with van der Waals surface area (Å²) in [4.78, 5) is 13.9. The summed E-state index contributed by atoms with van der Waals surface area (Å²) >= 11 is 1.76. The summed E-state index contributed by atoms with van der Waals surface area (Å²) in [5.74, 6) is 0.517. The third-order valence-electron chi connectivity index (χ3n) is 4.83. The molecule has 0 radical (unpaired) electrons. The van der Waals surface area contributed by atoms with E-state index in [0.29, 0.717) is 5.92 Å². The number of aryl methyl sites for hydroxylation is 2. The Bertz CT molecular complexity index is 729. The number of carbonyl (C=O) groups is 1. The highest BCUT2D eigenvalue weighted by Gasteiger charge is 2.20. The maximum Gasteiger partial charge on any atom is 0.255 e. The van der Waals surface area contributed by atoms with Crippen LogP contribution < -0.4 is 5.32 Å². The zero-order chi connectivity index (χ0) is 15.6. The topological polar surface area (TPSA) is 29.1 Å². The van der Waals surface area contributed by atoms with Gasteiger partial charge in [0.1, 0.15) is 0 Å². The van der Waals surface area contributed by atoms with Crippen LogP contribution in [0.5, 0.6) is 0 Å². The summed E-state index contributed by atoms with van der Waals surface area (Å²) in [6.07, 6.45) is 13.3. The number of hydrogen-bond donors (Lipinski definition) is 1. The second kappa shape index (κ2) is 6.40. The fourth-order valence-electron chi connectivity index (χ4n) is 3.63. The molecule has 0 fully saturated rings. The summed E-state index contributed by atoms with van der Waals surface area (Å²) in [6, 6.07) is 6.34. The van der Waals surface area contributed by atoms with E-state index in [1.54, 1.807) is 11.8 Å². The summed E-state index contributed by atoms with van der Waals surface area (Å²) in [5.41, 5.74) is 4.57. The number of rotatable bonds is 2. The van der Waals surface area contributed by atoms with Gasteiger partial charge in [0.05, 0.1) is 0 Å². The zero-order valence-electron chi connectivity index (χ0n) is 13.2. The van der Waals surface area contributed by atoms with Crippen molar-refractivity contribution in [1.29, 1.82) is 0 Å². The van der Waals surface area contributed by atoms with E-state index in [-0.39, 0.29) is 5.91 Å². The number of allylic oxidation sites excluding steroid dienone is 3. The van der Waals surface area contributed by atoms with Gasteiger partial charge in [0.25, 0.3) is 5.91 Å². The van der Waals surface area contributed by atoms with E-state index in [2.05, 4.69) is 41.1 Å². The van der Waals surface area contributed by atoms with Gasteiger partial charge in [-0.3, -0.25) is 4.79 Å². The van der Waals surface area contributed by atoms with Gasteiger partial charge < -0.3 is 5.32 Å². The van der Waals surface area contributed by atoms with Gasteiger partial charge in [0.2, 0.25) is 0 Å². The third kappa shape index (κ3) is 3.30. The first kappa shape index (κ1) is 14.8. The predicted molar refractivity (Wildman–Crippen MR) is 97.3 cm³/mol. The molecule has 1 N–H and O–H groups in total. The van der Waals surface area contributed by atoms with Gasteiger partial charge in [-0.25, -0.2) is 0 Å². The fourth-order valence-corrected chi connectivity index (χ4v) is 4.54. The van der Waals surface area contributed by atoms with E-state index in [9.17, 15) is 4.79 Å². The minimum absolute atomic E-state index is 0.0234. The van der Waals surface area contributed by atoms with Gasteiger partial charge in [-0.1, -0.05) is 18.2 Å². The number of carbonyl (C=O) groups excluding carboxylic acids is 1. The van der Waals surface area contributed by atoms with Gasteiger partial charge >= 0.3 is 0 Å². The van der Waals surface area contributed by atoms with Crippen molar-refractivity contribution in [2.45, 2.75) is 38.5 Å². The first-order valence-electron chi connectivity index (χ1n) is 8.45. The number of benzene rings is 1. The molecule has 23 heavy (non-hydrogen) atoms. The molecule has 1 unspecified atom stereocenters. The number of nitrogens with one attached hydrogen (secondary N) is 1. The number of hydrogen-bond acceptors (Lipinski definition) is 2. The van der Waals surface area contributed by atoms with Gasteiger partial charge in [0, 0.05) is 11.3 Å². The van der Waals surface area contributed by atoms with Crippen molar-refractivity contribution in [3.63, 3.8) is 0 Å². The van der Waals surface area contributed by atoms with Gasteiger partial charge in [0.15, 0.2) is 0 Å². The Morgan fingerprint density at radius 3 is 3.09 bits per heavy atom. The molecular formula is C20H21NOS. The van der Waals surface area contributed by atoms with Crippen LogP contribution in [-0.4, -0.2) is 5.91 Å². The van der Waals surface area contributed by atoms with E-state index < -0.39 is 0 Å². The zero-order valence-corrected chi connectivity index (χ0v) is 14.0. The summed E-state index contributed by atoms with van der Waals surface area (Å²) < 4.78 is 0. The molecule has 1 aromatic carbocycles. The predicted octanol–water partition coefficient (Wildman–Crippen LogP) is 4.98. The maximum atomic E-state index is 12.6. The number of anilines is 1. The van der Waals surface area contributed by atoms with Gasteiger partial charge in [-0.05, 0) is 84.1 Å². The smallest absolute Gasteiger partial charge is 0.255 e. The minimum atomic E-state index is 0.0234. The SMILES string of the molecule is O=C(Nc1ccc2c(c1)CCC2)C1=CC2CC/C=C\SC(=C1)C2. The summed E-state index contributed by atoms with van der Waals surface area (Å²) in [7, 11) is 0. The molecule has 3 aliphatic rings. The van der Waals surface area contributed by atoms with Crippen LogP contribution in [0.2, 0.25) is 0 Å². The highest BCUT2D eigenvalue weighted by atomic mass is 32.2. The molecule has 1 amide bonds. The molecule has 0 saturated heterocycles. The lowest BCUT2D eigenvalue weighted by Gasteiger charge is -2.22. The second-order valence-corrected chi connectivity index (χ2v) is 7.59. The van der Waals surface area contributed by atoms with Crippen molar-refractivity contribution in [2.75, 3.05) is 5.32 Å². The lowest BCUT2D eigenvalue weighted by molar-refractivity contribution is -0.112. The van der Waals surface area contributed by atoms with E-state index in [0.717, 1.165) is 36.9 Å². The van der Waals surface area contributed by atoms with Gasteiger partial charge in [-0.2, -0.15) is 0 Å². The van der Waals surface area contributed by atoms with E-state index >= 15 is 0 Å². The molecule has 0 aromatic heterocycles. The molecular weight excluding hydrogens is 302 g/mol. The van der Waals surface area contributed by atoms with E-state index in [1.807, 2.05) is 6.07 Å². The molecule has 0 spiro atoms. The molecule has 0 saturated carbocycles. The monoisotopic (exact) mass is 323 g/mol. The molecule has 2 nitrogen and oxygen atoms in total. The molecule has 1 aromatic rings. The molecule has 3 heteroatoms. The van der Waals surface area contributed by atoms with Crippen LogP contribution in [-0.2, 0) is 17.6 Å². The fraction of sp³-hybridized carbons (Fsp3) is 0.350. The Morgan fingerprint density at radius 2 is 2.13 bits per heavy atom. The van der Waals surface area contributed by atoms with Crippen LogP contribution in [0.15, 0.2) is 52.3 Å². The molecule has 1 atom stereocenters. The Kier molecular flexibility index (Phi) is 4.13. The highest BCUT2D eigenvalue weighted by molar-refractivity contribution is 8.05. The van der Waals surface area contributed by atoms with Crippen molar-refractivity contribution < 1.29 is 4.79 Å². The Balaban J connectivity index is 1.52. The van der Waals surface area contributed by atoms with Crippen molar-refractivity contribution in [3.05, 3.63) is 63.4 Å². The Labute approximate surface area is 141 Å². The van der Waals surface area contributed by atoms with E-state index in [1.165, 1.54) is 28.9 Å². The van der Waals surface area contributed by atoms with Crippen LogP contribution in [0.3, 0.4) is 0 Å². The van der Waals surface area contributed by atoms with Crippen LogP contribution in [0.1, 0.15) is 36.8 Å². The quantitative estimate of drug-likeness (QED) is 0.831. The lowest BCUT2D eigenvalue weighted by atomic mass is 9.91. The standard InChI is InChI=1S/C20H21NOS/c22-20(21-18-8-7-15-5-3-6-16(15)12-18)17-10-14-4-1-2-9-23-19(11-14)13-17/h2,7-10,12-14H,1,3-6,11H2,(H,21,22)/b9-2-. The van der Waals surface area contributed by atoms with E-state index in [4.69, 9.17) is 0 Å². The van der Waals surface area contributed by atoms with Crippen LogP contribution >= 0.6 is 11.8 Å². The summed E-state index contributed by atoms with van der Waals surface area (Å²) in [5, 5.41) is 5.24. The average Bonchev–Trinajstić information content (AvgIpc) is 3.00. The lowest BCUT2D eigenvalue weighted by Crippen LogP contribution is -2.17. The third-order valence-corrected chi connectivity index (χ3v) is 5.75. The van der Waals surface area contributed by atoms with Crippen molar-refractivity contribution in [2.24, 2.45) is 5.92 Å². The summed E-state index contributed by atoms with van der Waals surface area (Å²) in [6.45, 7) is 0. The van der Waals surface area contributed by atoms with Crippen LogP contribution in [0.25, 0.3) is 0 Å². The minimum Gasteiger partial charge on any atom is -0.322 e. The second-order valence-electron chi connectivity index (χ2n) is 6.56. The Hall–Kier alpha value is -1.74. The molecule has 2 bridgehead atoms. The molecule has 2 aliphatic carbocycles. The molecule has 118 valence electrons. The molecule has 4 rings (SSSR count). The average molecular weight is 323 g/mol. The Morgan fingerprint density at radius 1 is 1.22 bits per heavy atom. The first-order chi connectivity index (χ1) is 11.3. The van der Waals surface area contributed by atoms with Crippen molar-refractivity contribution >= 4 is 23.4 Å². The van der Waals surface area contributed by atoms with Crippen molar-refractivity contribution in [1.82, 2.24) is 0 Å². The van der Waals surface area contributed by atoms with Crippen LogP contribution in [0, 0.1) is 5.92 Å². The first-order valence-corrected chi connectivity index (χ1v) is 9.33. The number of fused-ring (bicyclic) bond motifs is 3. The molecule has 1 heterocycles. The number of thioether (sulfide) groups is 1. The maximum absolute atomic E-state index is 12.6. The van der Waals surface area contributed by atoms with Gasteiger partial charge in [-0.15, -0.1) is 11.8 Å². The normalized spacial score (nSPS) is 23.9. The highest BCUT2D eigenvalue weighted by Crippen LogP contribution is 2.36. The largest absolute Gasteiger partial charge is 0.322 e. The number of amides is 1. The van der Waals surface area contributed by atoms with Crippen LogP contribution in [0.4, 0.5) is 5.69 Å².